The molecule has 35 heavy (non-hydrogen) atoms. The first-order chi connectivity index (χ1) is 16.8. The number of carbonyl (C=O) groups is 2. The number of nitrogens with one attached hydrogen (secondary N) is 1. The van der Waals surface area contributed by atoms with Crippen molar-refractivity contribution >= 4 is 51.5 Å². The maximum atomic E-state index is 13.1. The van der Waals surface area contributed by atoms with E-state index in [9.17, 15) is 29.8 Å². The Balaban J connectivity index is 1.76. The minimum atomic E-state index is -0.735. The smallest absolute Gasteiger partial charge is 0.292 e. The van der Waals surface area contributed by atoms with Crippen LogP contribution in [0.25, 0.3) is 0 Å². The molecule has 0 bridgehead atoms. The Labute approximate surface area is 205 Å². The quantitative estimate of drug-likeness (QED) is 0.258. The zero-order valence-electron chi connectivity index (χ0n) is 19.1. The number of benzene rings is 2. The van der Waals surface area contributed by atoms with E-state index in [0.717, 1.165) is 37.4 Å². The van der Waals surface area contributed by atoms with Crippen molar-refractivity contribution in [2.24, 2.45) is 4.99 Å². The van der Waals surface area contributed by atoms with Crippen LogP contribution in [0.15, 0.2) is 53.5 Å². The van der Waals surface area contributed by atoms with E-state index in [2.05, 4.69) is 17.2 Å². The molecule has 2 aromatic rings. The van der Waals surface area contributed by atoms with Gasteiger partial charge in [0.15, 0.2) is 5.17 Å². The Morgan fingerprint density at radius 3 is 2.43 bits per heavy atom. The van der Waals surface area contributed by atoms with Crippen molar-refractivity contribution in [3.63, 3.8) is 0 Å². The molecule has 1 atom stereocenters. The minimum absolute atomic E-state index is 0.0640. The van der Waals surface area contributed by atoms with Gasteiger partial charge in [-0.05, 0) is 24.6 Å². The molecule has 2 aromatic carbocycles. The lowest BCUT2D eigenvalue weighted by molar-refractivity contribution is -0.384. The lowest BCUT2D eigenvalue weighted by Crippen LogP contribution is -2.34. The zero-order chi connectivity index (χ0) is 25.4. The minimum Gasteiger partial charge on any atom is -0.320 e. The Bertz CT molecular complexity index is 1140. The third-order valence-electron chi connectivity index (χ3n) is 5.29. The van der Waals surface area contributed by atoms with Crippen LogP contribution in [0.3, 0.4) is 0 Å². The fourth-order valence-electron chi connectivity index (χ4n) is 3.50. The standard InChI is InChI=1S/C23H25N5O6S/c1-2-3-4-7-14-26-22(30)20(15-21(29)25-18-8-5-6-9-19(18)28(33)34)35-23(26)24-16-10-12-17(13-11-16)27(31)32/h5-6,8-13,20H,2-4,7,14-15H2,1H3,(H,25,29). The summed E-state index contributed by atoms with van der Waals surface area (Å²) in [7, 11) is 0. The van der Waals surface area contributed by atoms with Gasteiger partial charge >= 0.3 is 0 Å². The van der Waals surface area contributed by atoms with Gasteiger partial charge in [0.1, 0.15) is 10.9 Å². The summed E-state index contributed by atoms with van der Waals surface area (Å²) >= 11 is 1.14. The van der Waals surface area contributed by atoms with Crippen LogP contribution in [0.4, 0.5) is 22.7 Å². The van der Waals surface area contributed by atoms with Crippen LogP contribution >= 0.6 is 11.8 Å². The highest BCUT2D eigenvalue weighted by molar-refractivity contribution is 8.15. The van der Waals surface area contributed by atoms with Crippen LogP contribution in [-0.4, -0.2) is 43.5 Å². The molecule has 1 aliphatic heterocycles. The van der Waals surface area contributed by atoms with Crippen LogP contribution in [0, 0.1) is 20.2 Å². The monoisotopic (exact) mass is 499 g/mol. The molecular weight excluding hydrogens is 474 g/mol. The van der Waals surface area contributed by atoms with E-state index in [4.69, 9.17) is 0 Å². The molecule has 3 rings (SSSR count). The molecule has 0 aliphatic carbocycles. The Morgan fingerprint density at radius 2 is 1.77 bits per heavy atom. The number of hydrogen-bond acceptors (Lipinski definition) is 8. The first-order valence-corrected chi connectivity index (χ1v) is 12.0. The number of amides is 2. The van der Waals surface area contributed by atoms with Gasteiger partial charge in [0.2, 0.25) is 11.8 Å². The van der Waals surface area contributed by atoms with E-state index >= 15 is 0 Å². The highest BCUT2D eigenvalue weighted by Crippen LogP contribution is 2.33. The van der Waals surface area contributed by atoms with Crippen molar-refractivity contribution in [3.8, 4) is 0 Å². The van der Waals surface area contributed by atoms with Crippen molar-refractivity contribution < 1.29 is 19.4 Å². The molecular formula is C23H25N5O6S. The van der Waals surface area contributed by atoms with E-state index in [0.29, 0.717) is 17.4 Å². The van der Waals surface area contributed by atoms with E-state index in [1.54, 1.807) is 11.0 Å². The SMILES string of the molecule is CCCCCCN1C(=O)C(CC(=O)Nc2ccccc2[N+](=O)[O-])SC1=Nc1ccc([N+](=O)[O-])cc1. The van der Waals surface area contributed by atoms with E-state index in [1.807, 2.05) is 0 Å². The number of nitrogens with zero attached hydrogens (tertiary/aromatic N) is 4. The van der Waals surface area contributed by atoms with Gasteiger partial charge in [-0.3, -0.25) is 34.7 Å². The molecule has 0 aromatic heterocycles. The summed E-state index contributed by atoms with van der Waals surface area (Å²) in [5.74, 6) is -0.780. The van der Waals surface area contributed by atoms with Gasteiger partial charge in [0.05, 0.1) is 15.5 Å². The van der Waals surface area contributed by atoms with Gasteiger partial charge in [-0.2, -0.15) is 0 Å². The lowest BCUT2D eigenvalue weighted by atomic mass is 10.2. The van der Waals surface area contributed by atoms with Crippen LogP contribution in [-0.2, 0) is 9.59 Å². The topological polar surface area (TPSA) is 148 Å². The summed E-state index contributed by atoms with van der Waals surface area (Å²) in [6.07, 6.45) is 3.61. The normalized spacial score (nSPS) is 16.5. The van der Waals surface area contributed by atoms with Crippen molar-refractivity contribution in [3.05, 3.63) is 68.8 Å². The predicted molar refractivity (Wildman–Crippen MR) is 134 cm³/mol. The summed E-state index contributed by atoms with van der Waals surface area (Å²) in [6, 6.07) is 11.5. The molecule has 0 spiro atoms. The van der Waals surface area contributed by atoms with E-state index < -0.39 is 21.0 Å². The highest BCUT2D eigenvalue weighted by atomic mass is 32.2. The number of rotatable bonds is 11. The molecule has 0 saturated carbocycles. The average molecular weight is 500 g/mol. The second-order valence-electron chi connectivity index (χ2n) is 7.85. The molecule has 11 nitrogen and oxygen atoms in total. The zero-order valence-corrected chi connectivity index (χ0v) is 19.9. The number of anilines is 1. The predicted octanol–water partition coefficient (Wildman–Crippen LogP) is 5.04. The van der Waals surface area contributed by atoms with Crippen molar-refractivity contribution in [2.75, 3.05) is 11.9 Å². The molecule has 2 amide bonds. The first-order valence-electron chi connectivity index (χ1n) is 11.1. The number of aliphatic imine (C=N–C) groups is 1. The van der Waals surface area contributed by atoms with Crippen LogP contribution in [0.5, 0.6) is 0 Å². The second-order valence-corrected chi connectivity index (χ2v) is 9.02. The van der Waals surface area contributed by atoms with E-state index in [1.165, 1.54) is 42.5 Å². The summed E-state index contributed by atoms with van der Waals surface area (Å²) < 4.78 is 0. The molecule has 12 heteroatoms. The third-order valence-corrected chi connectivity index (χ3v) is 6.46. The maximum Gasteiger partial charge on any atom is 0.292 e. The Hall–Kier alpha value is -3.80. The average Bonchev–Trinajstić information content (AvgIpc) is 3.11. The molecule has 1 saturated heterocycles. The van der Waals surface area contributed by atoms with Crippen molar-refractivity contribution in [1.29, 1.82) is 0 Å². The van der Waals surface area contributed by atoms with Gasteiger partial charge in [-0.1, -0.05) is 50.1 Å². The van der Waals surface area contributed by atoms with Gasteiger partial charge in [0, 0.05) is 31.2 Å². The number of amidine groups is 1. The fraction of sp³-hybridized carbons (Fsp3) is 0.348. The van der Waals surface area contributed by atoms with Gasteiger partial charge in [0.25, 0.3) is 11.4 Å². The molecule has 1 aliphatic rings. The second kappa shape index (κ2) is 12.1. The number of unbranched alkanes of at least 4 members (excludes halogenated alkanes) is 3. The van der Waals surface area contributed by atoms with Gasteiger partial charge in [-0.25, -0.2) is 4.99 Å². The summed E-state index contributed by atoms with van der Waals surface area (Å²) in [5, 5.41) is 24.3. The van der Waals surface area contributed by atoms with Gasteiger partial charge in [-0.15, -0.1) is 0 Å². The molecule has 184 valence electrons. The Morgan fingerprint density at radius 1 is 1.06 bits per heavy atom. The third kappa shape index (κ3) is 6.85. The van der Waals surface area contributed by atoms with Crippen LogP contribution < -0.4 is 5.32 Å². The van der Waals surface area contributed by atoms with E-state index in [-0.39, 0.29) is 29.4 Å². The number of nitro groups is 2. The van der Waals surface area contributed by atoms with Crippen molar-refractivity contribution in [1.82, 2.24) is 4.90 Å². The number of carbonyl (C=O) groups excluding carboxylic acids is 2. The highest BCUT2D eigenvalue weighted by Gasteiger charge is 2.39. The number of non-ortho nitro benzene ring substituents is 1. The summed E-state index contributed by atoms with van der Waals surface area (Å²) in [4.78, 5) is 52.8. The molecule has 1 unspecified atom stereocenters. The van der Waals surface area contributed by atoms with Crippen LogP contribution in [0.2, 0.25) is 0 Å². The lowest BCUT2D eigenvalue weighted by Gasteiger charge is -2.16. The maximum absolute atomic E-state index is 13.1. The van der Waals surface area contributed by atoms with Gasteiger partial charge < -0.3 is 5.32 Å². The van der Waals surface area contributed by atoms with Crippen LogP contribution in [0.1, 0.15) is 39.0 Å². The molecule has 1 fully saturated rings. The number of para-hydroxylation sites is 2. The molecule has 0 radical (unpaired) electrons. The van der Waals surface area contributed by atoms with Crippen molar-refractivity contribution in [2.45, 2.75) is 44.3 Å². The number of nitro benzene ring substituents is 2. The number of hydrogen-bond donors (Lipinski definition) is 1. The summed E-state index contributed by atoms with van der Waals surface area (Å²) in [5.41, 5.74) is 0.220. The largest absolute Gasteiger partial charge is 0.320 e. The fourth-order valence-corrected chi connectivity index (χ4v) is 4.68. The first kappa shape index (κ1) is 25.8. The number of thioether (sulfide) groups is 1. The summed E-state index contributed by atoms with van der Waals surface area (Å²) in [6.45, 7) is 2.53. The molecule has 1 N–H and O–H groups in total. The Kier molecular flexibility index (Phi) is 8.90. The molecule has 1 heterocycles.